The molecule has 0 spiro atoms. The van der Waals surface area contributed by atoms with E-state index < -0.39 is 6.10 Å². The second-order valence-electron chi connectivity index (χ2n) is 5.85. The summed E-state index contributed by atoms with van der Waals surface area (Å²) in [7, 11) is 0. The zero-order chi connectivity index (χ0) is 17.2. The number of rotatable bonds is 3. The molecule has 2 aromatic carbocycles. The quantitative estimate of drug-likeness (QED) is 0.770. The second-order valence-corrected chi connectivity index (χ2v) is 5.85. The summed E-state index contributed by atoms with van der Waals surface area (Å²) in [5.74, 6) is 0.995. The number of aromatic amines is 1. The molecule has 0 bridgehead atoms. The first kappa shape index (κ1) is 15.3. The van der Waals surface area contributed by atoms with E-state index in [0.717, 1.165) is 11.3 Å². The minimum atomic E-state index is -0.706. The molecule has 1 aliphatic heterocycles. The van der Waals surface area contributed by atoms with Crippen molar-refractivity contribution in [2.24, 2.45) is 0 Å². The molecule has 6 nitrogen and oxygen atoms in total. The van der Waals surface area contributed by atoms with Crippen LogP contribution in [0.2, 0.25) is 0 Å². The van der Waals surface area contributed by atoms with Crippen LogP contribution in [0.15, 0.2) is 60.8 Å². The maximum absolute atomic E-state index is 12.6. The molecule has 0 aliphatic carbocycles. The molecule has 126 valence electrons. The number of H-pyrrole nitrogens is 1. The Morgan fingerprint density at radius 1 is 1.04 bits per heavy atom. The first-order chi connectivity index (χ1) is 12.2. The molecule has 2 heterocycles. The Hall–Kier alpha value is -3.28. The van der Waals surface area contributed by atoms with Crippen LogP contribution in [0.4, 0.5) is 5.69 Å². The monoisotopic (exact) mass is 335 g/mol. The maximum atomic E-state index is 12.6. The predicted octanol–water partition coefficient (Wildman–Crippen LogP) is 3.24. The van der Waals surface area contributed by atoms with E-state index in [-0.39, 0.29) is 12.0 Å². The largest absolute Gasteiger partial charge is 0.482 e. The molecule has 2 atom stereocenters. The lowest BCUT2D eigenvalue weighted by Crippen LogP contribution is -2.46. The molecular formula is C19H17N3O3. The number of fused-ring (bicyclic) bond motifs is 1. The number of aromatic nitrogens is 2. The Labute approximate surface area is 144 Å². The molecular weight excluding hydrogens is 318 g/mol. The van der Waals surface area contributed by atoms with Crippen molar-refractivity contribution in [2.75, 3.05) is 5.32 Å². The van der Waals surface area contributed by atoms with E-state index in [1.165, 1.54) is 0 Å². The highest BCUT2D eigenvalue weighted by molar-refractivity contribution is 5.95. The van der Waals surface area contributed by atoms with Crippen LogP contribution in [0.1, 0.15) is 6.92 Å². The minimum Gasteiger partial charge on any atom is -0.482 e. The average molecular weight is 335 g/mol. The Kier molecular flexibility index (Phi) is 3.85. The van der Waals surface area contributed by atoms with Gasteiger partial charge < -0.3 is 14.8 Å². The first-order valence-electron chi connectivity index (χ1n) is 8.04. The van der Waals surface area contributed by atoms with Crippen LogP contribution < -0.4 is 14.8 Å². The van der Waals surface area contributed by atoms with Gasteiger partial charge in [-0.2, -0.15) is 5.10 Å². The molecule has 3 aromatic rings. The van der Waals surface area contributed by atoms with E-state index in [1.807, 2.05) is 55.5 Å². The van der Waals surface area contributed by atoms with Crippen molar-refractivity contribution in [3.63, 3.8) is 0 Å². The normalized spacial score (nSPS) is 18.6. The molecule has 1 aliphatic rings. The summed E-state index contributed by atoms with van der Waals surface area (Å²) in [5, 5.41) is 9.71. The summed E-state index contributed by atoms with van der Waals surface area (Å²) in [6.45, 7) is 1.82. The molecule has 0 saturated carbocycles. The van der Waals surface area contributed by atoms with Gasteiger partial charge in [-0.1, -0.05) is 24.3 Å². The van der Waals surface area contributed by atoms with Gasteiger partial charge in [0.2, 0.25) is 6.10 Å². The molecule has 0 saturated heterocycles. The SMILES string of the molecule is C[C@@H]1Oc2ccccc2O[C@@H]1C(=O)Nc1ccc(-c2ccn[nH]2)cc1. The average Bonchev–Trinajstić information content (AvgIpc) is 3.16. The van der Waals surface area contributed by atoms with Crippen LogP contribution in [-0.2, 0) is 4.79 Å². The fourth-order valence-corrected chi connectivity index (χ4v) is 2.77. The number of para-hydroxylation sites is 2. The number of amides is 1. The van der Waals surface area contributed by atoms with Gasteiger partial charge in [0, 0.05) is 11.9 Å². The molecule has 25 heavy (non-hydrogen) atoms. The summed E-state index contributed by atoms with van der Waals surface area (Å²) in [5.41, 5.74) is 2.62. The lowest BCUT2D eigenvalue weighted by atomic mass is 10.1. The van der Waals surface area contributed by atoms with Crippen LogP contribution in [0.3, 0.4) is 0 Å². The van der Waals surface area contributed by atoms with Crippen LogP contribution >= 0.6 is 0 Å². The molecule has 1 aromatic heterocycles. The van der Waals surface area contributed by atoms with Crippen LogP contribution in [0.5, 0.6) is 11.5 Å². The van der Waals surface area contributed by atoms with Gasteiger partial charge in [0.1, 0.15) is 6.10 Å². The van der Waals surface area contributed by atoms with E-state index in [9.17, 15) is 4.79 Å². The summed E-state index contributed by atoms with van der Waals surface area (Å²) < 4.78 is 11.6. The van der Waals surface area contributed by atoms with Crippen molar-refractivity contribution < 1.29 is 14.3 Å². The van der Waals surface area contributed by atoms with Gasteiger partial charge in [-0.15, -0.1) is 0 Å². The molecule has 0 fully saturated rings. The lowest BCUT2D eigenvalue weighted by molar-refractivity contribution is -0.128. The molecule has 2 N–H and O–H groups in total. The number of hydrogen-bond acceptors (Lipinski definition) is 4. The van der Waals surface area contributed by atoms with Gasteiger partial charge in [-0.05, 0) is 42.8 Å². The number of carbonyl (C=O) groups excluding carboxylic acids is 1. The second kappa shape index (κ2) is 6.32. The third-order valence-electron chi connectivity index (χ3n) is 4.06. The maximum Gasteiger partial charge on any atom is 0.269 e. The Morgan fingerprint density at radius 2 is 1.76 bits per heavy atom. The number of nitrogens with zero attached hydrogens (tertiary/aromatic N) is 1. The van der Waals surface area contributed by atoms with Crippen LogP contribution in [0.25, 0.3) is 11.3 Å². The molecule has 0 unspecified atom stereocenters. The Balaban J connectivity index is 1.47. The summed E-state index contributed by atoms with van der Waals surface area (Å²) in [6.07, 6.45) is 0.617. The van der Waals surface area contributed by atoms with Gasteiger partial charge in [-0.3, -0.25) is 9.89 Å². The number of ether oxygens (including phenoxy) is 2. The highest BCUT2D eigenvalue weighted by Crippen LogP contribution is 2.33. The third kappa shape index (κ3) is 3.06. The van der Waals surface area contributed by atoms with E-state index in [4.69, 9.17) is 9.47 Å². The third-order valence-corrected chi connectivity index (χ3v) is 4.06. The predicted molar refractivity (Wildman–Crippen MR) is 93.6 cm³/mol. The highest BCUT2D eigenvalue weighted by Gasteiger charge is 2.34. The zero-order valence-corrected chi connectivity index (χ0v) is 13.6. The first-order valence-corrected chi connectivity index (χ1v) is 8.04. The zero-order valence-electron chi connectivity index (χ0n) is 13.6. The lowest BCUT2D eigenvalue weighted by Gasteiger charge is -2.31. The van der Waals surface area contributed by atoms with E-state index in [0.29, 0.717) is 17.2 Å². The standard InChI is InChI=1S/C19H17N3O3/c1-12-18(25-17-5-3-2-4-16(17)24-12)19(23)21-14-8-6-13(7-9-14)15-10-11-20-22-15/h2-12,18H,1H3,(H,20,22)(H,21,23)/t12-,18-/m0/s1. The van der Waals surface area contributed by atoms with Crippen molar-refractivity contribution in [2.45, 2.75) is 19.1 Å². The summed E-state index contributed by atoms with van der Waals surface area (Å²) in [4.78, 5) is 12.6. The van der Waals surface area contributed by atoms with Gasteiger partial charge in [-0.25, -0.2) is 0 Å². The number of carbonyl (C=O) groups is 1. The van der Waals surface area contributed by atoms with Crippen molar-refractivity contribution in [1.29, 1.82) is 0 Å². The molecule has 6 heteroatoms. The smallest absolute Gasteiger partial charge is 0.269 e. The van der Waals surface area contributed by atoms with Crippen LogP contribution in [-0.4, -0.2) is 28.3 Å². The van der Waals surface area contributed by atoms with Crippen molar-refractivity contribution in [1.82, 2.24) is 10.2 Å². The van der Waals surface area contributed by atoms with Gasteiger partial charge in [0.15, 0.2) is 11.5 Å². The molecule has 0 radical (unpaired) electrons. The van der Waals surface area contributed by atoms with E-state index in [1.54, 1.807) is 12.3 Å². The van der Waals surface area contributed by atoms with E-state index in [2.05, 4.69) is 15.5 Å². The molecule has 1 amide bonds. The summed E-state index contributed by atoms with van der Waals surface area (Å²) >= 11 is 0. The van der Waals surface area contributed by atoms with Gasteiger partial charge in [0.25, 0.3) is 5.91 Å². The Bertz CT molecular complexity index is 875. The van der Waals surface area contributed by atoms with Crippen molar-refractivity contribution in [3.05, 3.63) is 60.8 Å². The minimum absolute atomic E-state index is 0.240. The highest BCUT2D eigenvalue weighted by atomic mass is 16.6. The van der Waals surface area contributed by atoms with Gasteiger partial charge in [0.05, 0.1) is 5.69 Å². The molecule has 4 rings (SSSR count). The van der Waals surface area contributed by atoms with Gasteiger partial charge >= 0.3 is 0 Å². The van der Waals surface area contributed by atoms with Crippen LogP contribution in [0, 0.1) is 0 Å². The van der Waals surface area contributed by atoms with Crippen molar-refractivity contribution in [3.8, 4) is 22.8 Å². The number of benzene rings is 2. The fraction of sp³-hybridized carbons (Fsp3) is 0.158. The number of anilines is 1. The number of hydrogen-bond donors (Lipinski definition) is 2. The summed E-state index contributed by atoms with van der Waals surface area (Å²) in [6, 6.07) is 16.7. The number of nitrogens with one attached hydrogen (secondary N) is 2. The topological polar surface area (TPSA) is 76.2 Å². The van der Waals surface area contributed by atoms with E-state index >= 15 is 0 Å². The fourth-order valence-electron chi connectivity index (χ4n) is 2.77. The Morgan fingerprint density at radius 3 is 2.44 bits per heavy atom. The van der Waals surface area contributed by atoms with Crippen molar-refractivity contribution >= 4 is 11.6 Å².